The van der Waals surface area contributed by atoms with Gasteiger partial charge in [0.25, 0.3) is 5.91 Å². The second-order valence-corrected chi connectivity index (χ2v) is 9.13. The molecule has 5 aromatic rings. The minimum atomic E-state index is -0.0634. The number of fused-ring (bicyclic) bond motifs is 2. The molecule has 0 saturated carbocycles. The third-order valence-corrected chi connectivity index (χ3v) is 6.58. The van der Waals surface area contributed by atoms with Gasteiger partial charge >= 0.3 is 0 Å². The van der Waals surface area contributed by atoms with Crippen molar-refractivity contribution in [3.63, 3.8) is 0 Å². The Morgan fingerprint density at radius 1 is 1.16 bits per heavy atom. The molecule has 5 rings (SSSR count). The summed E-state index contributed by atoms with van der Waals surface area (Å²) in [5, 5.41) is 5.22. The van der Waals surface area contributed by atoms with Crippen LogP contribution in [0.4, 0.5) is 0 Å². The highest BCUT2D eigenvalue weighted by Gasteiger charge is 2.22. The number of nitrogens with zero attached hydrogens (tertiary/aromatic N) is 6. The lowest BCUT2D eigenvalue weighted by molar-refractivity contribution is 0.0785. The van der Waals surface area contributed by atoms with Gasteiger partial charge in [-0.2, -0.15) is 5.10 Å². The smallest absolute Gasteiger partial charge is 0.254 e. The summed E-state index contributed by atoms with van der Waals surface area (Å²) in [6.07, 6.45) is 3.82. The van der Waals surface area contributed by atoms with Crippen LogP contribution in [0.25, 0.3) is 27.3 Å². The lowest BCUT2D eigenvalue weighted by Crippen LogP contribution is -2.27. The number of aromatic nitrogens is 5. The zero-order chi connectivity index (χ0) is 22.4. The number of rotatable bonds is 5. The number of hydrogen-bond acceptors (Lipinski definition) is 5. The van der Waals surface area contributed by atoms with Gasteiger partial charge in [-0.3, -0.25) is 9.20 Å². The highest BCUT2D eigenvalue weighted by molar-refractivity contribution is 7.17. The topological polar surface area (TPSA) is 68.3 Å². The highest BCUT2D eigenvalue weighted by Crippen LogP contribution is 2.27. The van der Waals surface area contributed by atoms with Crippen molar-refractivity contribution in [3.8, 4) is 11.3 Å². The number of amides is 1. The van der Waals surface area contributed by atoms with Crippen molar-refractivity contribution in [1.29, 1.82) is 0 Å². The molecule has 4 heterocycles. The number of thiazole rings is 1. The SMILES string of the molecule is CCn1ncc2c(C(=O)N(C)Cc3c(C)nc4sc(C)cn34)cc(-c3ccccc3)nc21. The van der Waals surface area contributed by atoms with Crippen molar-refractivity contribution in [1.82, 2.24) is 29.0 Å². The standard InChI is InChI=1S/C24H24N6OS/c1-5-30-22-19(12-25-30)18(11-20(27-22)17-9-7-6-8-10-17)23(31)28(4)14-21-16(3)26-24-29(21)13-15(2)32-24/h6-13H,5,14H2,1-4H3. The summed E-state index contributed by atoms with van der Waals surface area (Å²) in [5.41, 5.74) is 5.04. The van der Waals surface area contributed by atoms with Crippen molar-refractivity contribution < 1.29 is 4.79 Å². The minimum Gasteiger partial charge on any atom is -0.336 e. The average Bonchev–Trinajstić information content (AvgIpc) is 3.46. The first-order valence-corrected chi connectivity index (χ1v) is 11.4. The Hall–Kier alpha value is -3.52. The Balaban J connectivity index is 1.57. The Morgan fingerprint density at radius 2 is 1.94 bits per heavy atom. The van der Waals surface area contributed by atoms with Crippen LogP contribution >= 0.6 is 11.3 Å². The zero-order valence-corrected chi connectivity index (χ0v) is 19.3. The Morgan fingerprint density at radius 3 is 2.69 bits per heavy atom. The van der Waals surface area contributed by atoms with E-state index in [2.05, 4.69) is 27.6 Å². The molecule has 1 aromatic carbocycles. The van der Waals surface area contributed by atoms with E-state index in [1.807, 2.05) is 62.0 Å². The first kappa shape index (κ1) is 20.4. The third kappa shape index (κ3) is 3.36. The van der Waals surface area contributed by atoms with Crippen LogP contribution in [0.15, 0.2) is 48.8 Å². The van der Waals surface area contributed by atoms with Gasteiger partial charge in [0.2, 0.25) is 0 Å². The number of hydrogen-bond donors (Lipinski definition) is 0. The first-order valence-electron chi connectivity index (χ1n) is 10.6. The van der Waals surface area contributed by atoms with Crippen molar-refractivity contribution in [2.75, 3.05) is 7.05 Å². The fraction of sp³-hybridized carbons (Fsp3) is 0.250. The first-order chi connectivity index (χ1) is 15.5. The molecule has 0 bridgehead atoms. The molecule has 4 aromatic heterocycles. The summed E-state index contributed by atoms with van der Waals surface area (Å²) in [6.45, 7) is 7.23. The molecule has 0 fully saturated rings. The molecule has 8 heteroatoms. The summed E-state index contributed by atoms with van der Waals surface area (Å²) in [7, 11) is 1.83. The number of imidazole rings is 1. The molecule has 0 radical (unpaired) electrons. The summed E-state index contributed by atoms with van der Waals surface area (Å²) in [4.78, 5) is 27.0. The minimum absolute atomic E-state index is 0.0634. The van der Waals surface area contributed by atoms with E-state index < -0.39 is 0 Å². The predicted octanol–water partition coefficient (Wildman–Crippen LogP) is 4.72. The van der Waals surface area contributed by atoms with Gasteiger partial charge in [-0.25, -0.2) is 14.6 Å². The van der Waals surface area contributed by atoms with E-state index in [0.717, 1.165) is 38.6 Å². The van der Waals surface area contributed by atoms with E-state index in [-0.39, 0.29) is 5.91 Å². The summed E-state index contributed by atoms with van der Waals surface area (Å²) in [5.74, 6) is -0.0634. The second kappa shape index (κ2) is 7.87. The molecule has 0 aliphatic heterocycles. The van der Waals surface area contributed by atoms with Crippen LogP contribution in [0.1, 0.15) is 33.5 Å². The van der Waals surface area contributed by atoms with E-state index in [4.69, 9.17) is 4.98 Å². The molecule has 7 nitrogen and oxygen atoms in total. The number of benzene rings is 1. The van der Waals surface area contributed by atoms with Gasteiger partial charge in [0.15, 0.2) is 10.6 Å². The van der Waals surface area contributed by atoms with Crippen LogP contribution in [0.5, 0.6) is 0 Å². The molecule has 0 spiro atoms. The number of carbonyl (C=O) groups is 1. The molecule has 162 valence electrons. The summed E-state index contributed by atoms with van der Waals surface area (Å²) < 4.78 is 3.92. The third-order valence-electron chi connectivity index (χ3n) is 5.68. The van der Waals surface area contributed by atoms with Crippen molar-refractivity contribution in [2.24, 2.45) is 0 Å². The molecule has 32 heavy (non-hydrogen) atoms. The molecule has 0 aliphatic rings. The van der Waals surface area contributed by atoms with Crippen molar-refractivity contribution in [3.05, 3.63) is 70.6 Å². The van der Waals surface area contributed by atoms with Crippen LogP contribution in [-0.2, 0) is 13.1 Å². The van der Waals surface area contributed by atoms with Crippen LogP contribution in [0, 0.1) is 13.8 Å². The molecular weight excluding hydrogens is 420 g/mol. The number of carbonyl (C=O) groups excluding carboxylic acids is 1. The normalized spacial score (nSPS) is 11.5. The lowest BCUT2D eigenvalue weighted by atomic mass is 10.1. The van der Waals surface area contributed by atoms with Crippen LogP contribution in [-0.4, -0.2) is 42.0 Å². The van der Waals surface area contributed by atoms with Crippen molar-refractivity contribution >= 4 is 33.2 Å². The van der Waals surface area contributed by atoms with E-state index in [1.165, 1.54) is 4.88 Å². The van der Waals surface area contributed by atoms with Crippen LogP contribution in [0.2, 0.25) is 0 Å². The largest absolute Gasteiger partial charge is 0.336 e. The molecule has 0 unspecified atom stereocenters. The molecule has 0 saturated heterocycles. The van der Waals surface area contributed by atoms with Crippen LogP contribution in [0.3, 0.4) is 0 Å². The maximum atomic E-state index is 13.7. The Kier molecular flexibility index (Phi) is 5.01. The van der Waals surface area contributed by atoms with Gasteiger partial charge in [0, 0.05) is 30.2 Å². The predicted molar refractivity (Wildman–Crippen MR) is 127 cm³/mol. The van der Waals surface area contributed by atoms with E-state index >= 15 is 0 Å². The molecule has 0 N–H and O–H groups in total. The lowest BCUT2D eigenvalue weighted by Gasteiger charge is -2.18. The van der Waals surface area contributed by atoms with Gasteiger partial charge in [0.1, 0.15) is 0 Å². The quantitative estimate of drug-likeness (QED) is 0.393. The highest BCUT2D eigenvalue weighted by atomic mass is 32.1. The van der Waals surface area contributed by atoms with E-state index in [0.29, 0.717) is 18.7 Å². The number of pyridine rings is 1. The van der Waals surface area contributed by atoms with Gasteiger partial charge in [-0.05, 0) is 26.8 Å². The second-order valence-electron chi connectivity index (χ2n) is 7.92. The molecule has 0 aliphatic carbocycles. The maximum Gasteiger partial charge on any atom is 0.254 e. The zero-order valence-electron chi connectivity index (χ0n) is 18.5. The van der Waals surface area contributed by atoms with Crippen LogP contribution < -0.4 is 0 Å². The van der Waals surface area contributed by atoms with Gasteiger partial charge in [0.05, 0.1) is 40.8 Å². The summed E-state index contributed by atoms with van der Waals surface area (Å²) in [6, 6.07) is 11.8. The van der Waals surface area contributed by atoms with Crippen molar-refractivity contribution in [2.45, 2.75) is 33.9 Å². The number of aryl methyl sites for hydroxylation is 3. The van der Waals surface area contributed by atoms with E-state index in [1.54, 1.807) is 22.4 Å². The fourth-order valence-electron chi connectivity index (χ4n) is 4.01. The Bertz CT molecular complexity index is 1450. The van der Waals surface area contributed by atoms with Gasteiger partial charge < -0.3 is 4.90 Å². The molecular formula is C24H24N6OS. The van der Waals surface area contributed by atoms with E-state index in [9.17, 15) is 4.79 Å². The maximum absolute atomic E-state index is 13.7. The van der Waals surface area contributed by atoms with Gasteiger partial charge in [-0.15, -0.1) is 11.3 Å². The monoisotopic (exact) mass is 444 g/mol. The van der Waals surface area contributed by atoms with Gasteiger partial charge in [-0.1, -0.05) is 30.3 Å². The fourth-order valence-corrected chi connectivity index (χ4v) is 4.90. The molecule has 0 atom stereocenters. The average molecular weight is 445 g/mol. The Labute approximate surface area is 190 Å². The molecule has 1 amide bonds. The summed E-state index contributed by atoms with van der Waals surface area (Å²) >= 11 is 1.65.